The van der Waals surface area contributed by atoms with Crippen LogP contribution in [0.15, 0.2) is 60.8 Å². The van der Waals surface area contributed by atoms with Gasteiger partial charge < -0.3 is 14.5 Å². The molecule has 4 heteroatoms. The molecule has 0 atom stereocenters. The number of nitrogens with one attached hydrogen (secondary N) is 1. The maximum absolute atomic E-state index is 12.5. The zero-order valence-corrected chi connectivity index (χ0v) is 13.0. The lowest BCUT2D eigenvalue weighted by Crippen LogP contribution is -2.01. The van der Waals surface area contributed by atoms with Gasteiger partial charge in [-0.05, 0) is 53.6 Å². The van der Waals surface area contributed by atoms with Crippen LogP contribution < -0.4 is 9.47 Å². The molecule has 1 aromatic heterocycles. The normalized spacial score (nSPS) is 10.3. The molecule has 0 radical (unpaired) electrons. The number of hydrogen-bond acceptors (Lipinski definition) is 3. The monoisotopic (exact) mass is 307 g/mol. The number of benzene rings is 2. The molecule has 0 aliphatic rings. The Morgan fingerprint density at radius 3 is 1.96 bits per heavy atom. The van der Waals surface area contributed by atoms with Crippen LogP contribution in [0.1, 0.15) is 16.1 Å². The third kappa shape index (κ3) is 3.11. The Morgan fingerprint density at radius 2 is 1.39 bits per heavy atom. The Kier molecular flexibility index (Phi) is 4.15. The van der Waals surface area contributed by atoms with Crippen LogP contribution in [0.5, 0.6) is 11.5 Å². The van der Waals surface area contributed by atoms with Gasteiger partial charge in [-0.1, -0.05) is 12.1 Å². The standard InChI is InChI=1S/C19H17NO3/c1-22-16-7-3-13(4-8-16)15-11-18(20-12-15)19(21)14-5-9-17(23-2)10-6-14/h3-12,20H,1-2H3. The lowest BCUT2D eigenvalue weighted by Gasteiger charge is -2.02. The van der Waals surface area contributed by atoms with E-state index in [0.29, 0.717) is 11.3 Å². The lowest BCUT2D eigenvalue weighted by molar-refractivity contribution is 0.103. The average Bonchev–Trinajstić information content (AvgIpc) is 3.11. The van der Waals surface area contributed by atoms with Crippen molar-refractivity contribution in [3.05, 3.63) is 72.1 Å². The number of ether oxygens (including phenoxy) is 2. The number of carbonyl (C=O) groups is 1. The van der Waals surface area contributed by atoms with E-state index in [1.165, 1.54) is 0 Å². The van der Waals surface area contributed by atoms with Crippen molar-refractivity contribution in [3.8, 4) is 22.6 Å². The van der Waals surface area contributed by atoms with Gasteiger partial charge in [-0.3, -0.25) is 4.79 Å². The number of carbonyl (C=O) groups excluding carboxylic acids is 1. The van der Waals surface area contributed by atoms with Gasteiger partial charge in [0.2, 0.25) is 5.78 Å². The van der Waals surface area contributed by atoms with Gasteiger partial charge in [0.15, 0.2) is 0 Å². The molecule has 0 amide bonds. The Bertz CT molecular complexity index is 801. The van der Waals surface area contributed by atoms with E-state index in [2.05, 4.69) is 4.98 Å². The van der Waals surface area contributed by atoms with Gasteiger partial charge in [-0.2, -0.15) is 0 Å². The van der Waals surface area contributed by atoms with Crippen LogP contribution in [0.2, 0.25) is 0 Å². The molecule has 0 saturated carbocycles. The lowest BCUT2D eigenvalue weighted by atomic mass is 10.1. The van der Waals surface area contributed by atoms with Crippen molar-refractivity contribution in [2.75, 3.05) is 14.2 Å². The average molecular weight is 307 g/mol. The number of aromatic nitrogens is 1. The van der Waals surface area contributed by atoms with Crippen LogP contribution in [-0.4, -0.2) is 25.0 Å². The molecule has 0 bridgehead atoms. The fourth-order valence-electron chi connectivity index (χ4n) is 2.37. The second kappa shape index (κ2) is 6.40. The van der Waals surface area contributed by atoms with Crippen LogP contribution in [0.25, 0.3) is 11.1 Å². The summed E-state index contributed by atoms with van der Waals surface area (Å²) in [7, 11) is 3.24. The van der Waals surface area contributed by atoms with E-state index in [1.54, 1.807) is 38.5 Å². The van der Waals surface area contributed by atoms with E-state index >= 15 is 0 Å². The van der Waals surface area contributed by atoms with E-state index in [1.807, 2.05) is 36.5 Å². The quantitative estimate of drug-likeness (QED) is 0.727. The molecule has 4 nitrogen and oxygen atoms in total. The highest BCUT2D eigenvalue weighted by atomic mass is 16.5. The molecule has 1 N–H and O–H groups in total. The molecule has 0 spiro atoms. The smallest absolute Gasteiger partial charge is 0.209 e. The first-order valence-electron chi connectivity index (χ1n) is 7.23. The molecule has 0 fully saturated rings. The van der Waals surface area contributed by atoms with Crippen molar-refractivity contribution >= 4 is 5.78 Å². The maximum Gasteiger partial charge on any atom is 0.209 e. The van der Waals surface area contributed by atoms with E-state index in [-0.39, 0.29) is 5.78 Å². The minimum absolute atomic E-state index is 0.0487. The first kappa shape index (κ1) is 14.9. The maximum atomic E-state index is 12.5. The second-order valence-electron chi connectivity index (χ2n) is 5.09. The largest absolute Gasteiger partial charge is 0.497 e. The number of aromatic amines is 1. The molecule has 3 aromatic rings. The van der Waals surface area contributed by atoms with Gasteiger partial charge in [0.05, 0.1) is 19.9 Å². The van der Waals surface area contributed by atoms with E-state index in [4.69, 9.17) is 9.47 Å². The molecule has 0 aliphatic heterocycles. The summed E-state index contributed by atoms with van der Waals surface area (Å²) in [6, 6.07) is 16.6. The zero-order chi connectivity index (χ0) is 16.2. The molecule has 3 rings (SSSR count). The first-order chi connectivity index (χ1) is 11.2. The van der Waals surface area contributed by atoms with Gasteiger partial charge in [0.1, 0.15) is 11.5 Å². The zero-order valence-electron chi connectivity index (χ0n) is 13.0. The van der Waals surface area contributed by atoms with Gasteiger partial charge in [-0.15, -0.1) is 0 Å². The van der Waals surface area contributed by atoms with Gasteiger partial charge >= 0.3 is 0 Å². The summed E-state index contributed by atoms with van der Waals surface area (Å²) in [4.78, 5) is 15.5. The number of rotatable bonds is 5. The summed E-state index contributed by atoms with van der Waals surface area (Å²) in [5.74, 6) is 1.48. The van der Waals surface area contributed by atoms with E-state index in [0.717, 1.165) is 22.6 Å². The number of hydrogen-bond donors (Lipinski definition) is 1. The fourth-order valence-corrected chi connectivity index (χ4v) is 2.37. The highest BCUT2D eigenvalue weighted by Crippen LogP contribution is 2.24. The van der Waals surface area contributed by atoms with Crippen LogP contribution >= 0.6 is 0 Å². The summed E-state index contributed by atoms with van der Waals surface area (Å²) in [6.07, 6.45) is 1.83. The third-order valence-electron chi connectivity index (χ3n) is 3.70. The Labute approximate surface area is 134 Å². The minimum atomic E-state index is -0.0487. The van der Waals surface area contributed by atoms with E-state index < -0.39 is 0 Å². The number of H-pyrrole nitrogens is 1. The highest BCUT2D eigenvalue weighted by molar-refractivity contribution is 6.08. The summed E-state index contributed by atoms with van der Waals surface area (Å²) >= 11 is 0. The molecular weight excluding hydrogens is 290 g/mol. The second-order valence-corrected chi connectivity index (χ2v) is 5.09. The summed E-state index contributed by atoms with van der Waals surface area (Å²) < 4.78 is 10.3. The first-order valence-corrected chi connectivity index (χ1v) is 7.23. The van der Waals surface area contributed by atoms with Crippen LogP contribution in [0, 0.1) is 0 Å². The topological polar surface area (TPSA) is 51.3 Å². The molecular formula is C19H17NO3. The molecule has 0 saturated heterocycles. The van der Waals surface area contributed by atoms with Crippen LogP contribution in [-0.2, 0) is 0 Å². The predicted molar refractivity (Wildman–Crippen MR) is 89.2 cm³/mol. The number of methoxy groups -OCH3 is 2. The number of ketones is 1. The molecule has 23 heavy (non-hydrogen) atoms. The molecule has 116 valence electrons. The minimum Gasteiger partial charge on any atom is -0.497 e. The summed E-state index contributed by atoms with van der Waals surface area (Å²) in [6.45, 7) is 0. The molecule has 0 aliphatic carbocycles. The fraction of sp³-hybridized carbons (Fsp3) is 0.105. The Balaban J connectivity index is 1.83. The summed E-state index contributed by atoms with van der Waals surface area (Å²) in [5, 5.41) is 0. The SMILES string of the molecule is COc1ccc(C(=O)c2cc(-c3ccc(OC)cc3)c[nH]2)cc1. The van der Waals surface area contributed by atoms with Gasteiger partial charge in [-0.25, -0.2) is 0 Å². The van der Waals surface area contributed by atoms with Gasteiger partial charge in [0, 0.05) is 11.8 Å². The van der Waals surface area contributed by atoms with Crippen LogP contribution in [0.3, 0.4) is 0 Å². The third-order valence-corrected chi connectivity index (χ3v) is 3.70. The van der Waals surface area contributed by atoms with Crippen molar-refractivity contribution < 1.29 is 14.3 Å². The Hall–Kier alpha value is -3.01. The van der Waals surface area contributed by atoms with Crippen molar-refractivity contribution in [1.29, 1.82) is 0 Å². The van der Waals surface area contributed by atoms with Crippen molar-refractivity contribution in [3.63, 3.8) is 0 Å². The van der Waals surface area contributed by atoms with Crippen molar-refractivity contribution in [1.82, 2.24) is 4.98 Å². The van der Waals surface area contributed by atoms with Crippen molar-refractivity contribution in [2.45, 2.75) is 0 Å². The predicted octanol–water partition coefficient (Wildman–Crippen LogP) is 3.93. The van der Waals surface area contributed by atoms with Crippen molar-refractivity contribution in [2.24, 2.45) is 0 Å². The van der Waals surface area contributed by atoms with Crippen LogP contribution in [0.4, 0.5) is 0 Å². The van der Waals surface area contributed by atoms with Gasteiger partial charge in [0.25, 0.3) is 0 Å². The Morgan fingerprint density at radius 1 is 0.826 bits per heavy atom. The highest BCUT2D eigenvalue weighted by Gasteiger charge is 2.12. The molecule has 2 aromatic carbocycles. The molecule has 1 heterocycles. The summed E-state index contributed by atoms with van der Waals surface area (Å²) in [5.41, 5.74) is 3.16. The van der Waals surface area contributed by atoms with E-state index in [9.17, 15) is 4.79 Å². The molecule has 0 unspecified atom stereocenters.